The summed E-state index contributed by atoms with van der Waals surface area (Å²) in [4.78, 5) is 11.4. The van der Waals surface area contributed by atoms with Gasteiger partial charge in [-0.15, -0.1) is 0 Å². The largest absolute Gasteiger partial charge is 0.465 e. The Balaban J connectivity index is 2.33. The van der Waals surface area contributed by atoms with E-state index in [1.807, 2.05) is 32.0 Å². The number of nitrogens with one attached hydrogen (secondary N) is 1. The summed E-state index contributed by atoms with van der Waals surface area (Å²) in [6, 6.07) is 11.2. The number of methoxy groups -OCH3 is 1. The molecule has 4 heteroatoms. The van der Waals surface area contributed by atoms with Crippen molar-refractivity contribution >= 4 is 23.0 Å². The molecule has 2 aromatic carbocycles. The molecule has 0 amide bonds. The molecule has 3 N–H and O–H groups in total. The van der Waals surface area contributed by atoms with Crippen LogP contribution in [0.15, 0.2) is 36.4 Å². The van der Waals surface area contributed by atoms with Crippen LogP contribution in [-0.2, 0) is 4.74 Å². The molecule has 0 aliphatic heterocycles. The fourth-order valence-corrected chi connectivity index (χ4v) is 2.07. The highest BCUT2D eigenvalue weighted by molar-refractivity contribution is 5.92. The first-order valence-electron chi connectivity index (χ1n) is 6.34. The van der Waals surface area contributed by atoms with Crippen LogP contribution in [0.25, 0.3) is 0 Å². The van der Waals surface area contributed by atoms with E-state index >= 15 is 0 Å². The summed E-state index contributed by atoms with van der Waals surface area (Å²) in [7, 11) is 1.35. The van der Waals surface area contributed by atoms with Gasteiger partial charge < -0.3 is 15.8 Å². The number of anilines is 3. The average molecular weight is 270 g/mol. The summed E-state index contributed by atoms with van der Waals surface area (Å²) in [5.41, 5.74) is 11.0. The fourth-order valence-electron chi connectivity index (χ4n) is 2.07. The molecule has 0 fully saturated rings. The van der Waals surface area contributed by atoms with Crippen LogP contribution in [0.4, 0.5) is 17.1 Å². The summed E-state index contributed by atoms with van der Waals surface area (Å²) in [6.07, 6.45) is 0. The third kappa shape index (κ3) is 2.74. The number of nitrogen functional groups attached to an aromatic ring is 1. The van der Waals surface area contributed by atoms with E-state index in [9.17, 15) is 4.79 Å². The summed E-state index contributed by atoms with van der Waals surface area (Å²) in [5.74, 6) is -0.393. The number of ether oxygens (including phenoxy) is 1. The number of carbonyl (C=O) groups is 1. The molecule has 2 aromatic rings. The van der Waals surface area contributed by atoms with Gasteiger partial charge in [0, 0.05) is 5.69 Å². The van der Waals surface area contributed by atoms with Crippen molar-refractivity contribution in [1.29, 1.82) is 0 Å². The highest BCUT2D eigenvalue weighted by atomic mass is 16.5. The van der Waals surface area contributed by atoms with Gasteiger partial charge in [-0.25, -0.2) is 4.79 Å². The molecule has 0 heterocycles. The zero-order valence-electron chi connectivity index (χ0n) is 11.9. The van der Waals surface area contributed by atoms with E-state index in [4.69, 9.17) is 5.73 Å². The molecule has 0 aliphatic carbocycles. The van der Waals surface area contributed by atoms with Gasteiger partial charge in [-0.3, -0.25) is 0 Å². The van der Waals surface area contributed by atoms with Gasteiger partial charge in [0.1, 0.15) is 0 Å². The van der Waals surface area contributed by atoms with Crippen molar-refractivity contribution in [1.82, 2.24) is 0 Å². The van der Waals surface area contributed by atoms with Crippen molar-refractivity contribution in [3.8, 4) is 0 Å². The average Bonchev–Trinajstić information content (AvgIpc) is 2.43. The second-order valence-corrected chi connectivity index (χ2v) is 4.69. The Kier molecular flexibility index (Phi) is 3.94. The molecule has 2 rings (SSSR count). The molecule has 104 valence electrons. The van der Waals surface area contributed by atoms with Gasteiger partial charge in [-0.05, 0) is 43.2 Å². The SMILES string of the molecule is COC(=O)c1ccc(Nc2c(C)cccc2C)c(N)c1. The van der Waals surface area contributed by atoms with Crippen molar-refractivity contribution in [3.63, 3.8) is 0 Å². The minimum atomic E-state index is -0.393. The quantitative estimate of drug-likeness (QED) is 0.662. The van der Waals surface area contributed by atoms with Crippen LogP contribution in [0.1, 0.15) is 21.5 Å². The Morgan fingerprint density at radius 1 is 1.15 bits per heavy atom. The molecule has 0 aliphatic rings. The Bertz CT molecular complexity index is 631. The van der Waals surface area contributed by atoms with Crippen LogP contribution in [0.5, 0.6) is 0 Å². The smallest absolute Gasteiger partial charge is 0.337 e. The van der Waals surface area contributed by atoms with Crippen molar-refractivity contribution in [2.45, 2.75) is 13.8 Å². The lowest BCUT2D eigenvalue weighted by molar-refractivity contribution is 0.0601. The van der Waals surface area contributed by atoms with E-state index < -0.39 is 5.97 Å². The topological polar surface area (TPSA) is 64.3 Å². The van der Waals surface area contributed by atoms with Gasteiger partial charge >= 0.3 is 5.97 Å². The molecule has 0 atom stereocenters. The van der Waals surface area contributed by atoms with Gasteiger partial charge in [0.2, 0.25) is 0 Å². The Labute approximate surface area is 118 Å². The third-order valence-electron chi connectivity index (χ3n) is 3.21. The van der Waals surface area contributed by atoms with E-state index in [0.717, 1.165) is 22.5 Å². The second-order valence-electron chi connectivity index (χ2n) is 4.69. The number of rotatable bonds is 3. The van der Waals surface area contributed by atoms with E-state index in [-0.39, 0.29) is 0 Å². The lowest BCUT2D eigenvalue weighted by Gasteiger charge is -2.14. The molecular formula is C16H18N2O2. The molecule has 20 heavy (non-hydrogen) atoms. The maximum atomic E-state index is 11.4. The number of para-hydroxylation sites is 1. The standard InChI is InChI=1S/C16H18N2O2/c1-10-5-4-6-11(2)15(10)18-14-8-7-12(9-13(14)17)16(19)20-3/h4-9,18H,17H2,1-3H3. The molecule has 0 unspecified atom stereocenters. The highest BCUT2D eigenvalue weighted by Gasteiger charge is 2.09. The van der Waals surface area contributed by atoms with Crippen LogP contribution in [-0.4, -0.2) is 13.1 Å². The van der Waals surface area contributed by atoms with Gasteiger partial charge in [0.05, 0.1) is 24.0 Å². The van der Waals surface area contributed by atoms with Crippen LogP contribution in [0, 0.1) is 13.8 Å². The maximum Gasteiger partial charge on any atom is 0.337 e. The van der Waals surface area contributed by atoms with Gasteiger partial charge in [0.15, 0.2) is 0 Å². The Hall–Kier alpha value is -2.49. The van der Waals surface area contributed by atoms with Crippen LogP contribution < -0.4 is 11.1 Å². The zero-order chi connectivity index (χ0) is 14.7. The first kappa shape index (κ1) is 13.9. The molecule has 0 aromatic heterocycles. The van der Waals surface area contributed by atoms with Crippen LogP contribution >= 0.6 is 0 Å². The Morgan fingerprint density at radius 3 is 2.35 bits per heavy atom. The minimum absolute atomic E-state index is 0.393. The number of nitrogens with two attached hydrogens (primary N) is 1. The predicted octanol–water partition coefficient (Wildman–Crippen LogP) is 3.42. The number of hydrogen-bond acceptors (Lipinski definition) is 4. The van der Waals surface area contributed by atoms with E-state index in [0.29, 0.717) is 11.3 Å². The van der Waals surface area contributed by atoms with E-state index in [2.05, 4.69) is 10.1 Å². The lowest BCUT2D eigenvalue weighted by Crippen LogP contribution is -2.04. The number of carbonyl (C=O) groups excluding carboxylic acids is 1. The predicted molar refractivity (Wildman–Crippen MR) is 81.4 cm³/mol. The van der Waals surface area contributed by atoms with Crippen LogP contribution in [0.2, 0.25) is 0 Å². The molecular weight excluding hydrogens is 252 g/mol. The summed E-state index contributed by atoms with van der Waals surface area (Å²) in [5, 5.41) is 3.32. The van der Waals surface area contributed by atoms with E-state index in [1.54, 1.807) is 18.2 Å². The highest BCUT2D eigenvalue weighted by Crippen LogP contribution is 2.28. The molecule has 0 spiro atoms. The molecule has 0 bridgehead atoms. The first-order chi connectivity index (χ1) is 9.52. The van der Waals surface area contributed by atoms with Gasteiger partial charge in [-0.1, -0.05) is 18.2 Å². The Morgan fingerprint density at radius 2 is 1.80 bits per heavy atom. The van der Waals surface area contributed by atoms with E-state index in [1.165, 1.54) is 7.11 Å². The van der Waals surface area contributed by atoms with Gasteiger partial charge in [-0.2, -0.15) is 0 Å². The van der Waals surface area contributed by atoms with Crippen LogP contribution in [0.3, 0.4) is 0 Å². The van der Waals surface area contributed by atoms with Gasteiger partial charge in [0.25, 0.3) is 0 Å². The number of benzene rings is 2. The summed E-state index contributed by atoms with van der Waals surface area (Å²) in [6.45, 7) is 4.07. The third-order valence-corrected chi connectivity index (χ3v) is 3.21. The normalized spacial score (nSPS) is 10.2. The molecule has 4 nitrogen and oxygen atoms in total. The number of aryl methyl sites for hydroxylation is 2. The van der Waals surface area contributed by atoms with Crippen molar-refractivity contribution in [3.05, 3.63) is 53.1 Å². The molecule has 0 saturated carbocycles. The van der Waals surface area contributed by atoms with Crippen molar-refractivity contribution < 1.29 is 9.53 Å². The minimum Gasteiger partial charge on any atom is -0.465 e. The first-order valence-corrected chi connectivity index (χ1v) is 6.34. The maximum absolute atomic E-state index is 11.4. The fraction of sp³-hybridized carbons (Fsp3) is 0.188. The summed E-state index contributed by atoms with van der Waals surface area (Å²) >= 11 is 0. The number of esters is 1. The monoisotopic (exact) mass is 270 g/mol. The van der Waals surface area contributed by atoms with Crippen molar-refractivity contribution in [2.75, 3.05) is 18.2 Å². The van der Waals surface area contributed by atoms with Crippen molar-refractivity contribution in [2.24, 2.45) is 0 Å². The number of hydrogen-bond donors (Lipinski definition) is 2. The second kappa shape index (κ2) is 5.65. The molecule has 0 saturated heterocycles. The molecule has 0 radical (unpaired) electrons. The summed E-state index contributed by atoms with van der Waals surface area (Å²) < 4.78 is 4.67. The lowest BCUT2D eigenvalue weighted by atomic mass is 10.1. The zero-order valence-corrected chi connectivity index (χ0v) is 11.9.